The summed E-state index contributed by atoms with van der Waals surface area (Å²) in [5.41, 5.74) is 5.03. The molecule has 1 aromatic heterocycles. The molecule has 1 aliphatic heterocycles. The molecule has 1 saturated heterocycles. The van der Waals surface area contributed by atoms with Gasteiger partial charge in [-0.15, -0.1) is 0 Å². The summed E-state index contributed by atoms with van der Waals surface area (Å²) in [4.78, 5) is 18.7. The number of rotatable bonds is 3. The number of hydrogen-bond donors (Lipinski definition) is 1. The highest BCUT2D eigenvalue weighted by Crippen LogP contribution is 2.50. The molecule has 2 aliphatic carbocycles. The van der Waals surface area contributed by atoms with Crippen molar-refractivity contribution in [3.63, 3.8) is 0 Å². The molecule has 4 nitrogen and oxygen atoms in total. The van der Waals surface area contributed by atoms with Crippen LogP contribution < -0.4 is 4.74 Å². The quantitative estimate of drug-likeness (QED) is 0.621. The summed E-state index contributed by atoms with van der Waals surface area (Å²) < 4.78 is 5.56. The standard InChI is InChI=1S/C26H27ClN2O2/c1-31-19-5-2-4-17(12-19)26-10-11-29(25(30)16-8-9-16)15-18(26)13-21-20-6-3-7-22(27)24(20)28-23(21)14-26/h2-7,12,16,18,28H,8-11,13-15H2,1H3. The predicted molar refractivity (Wildman–Crippen MR) is 123 cm³/mol. The van der Waals surface area contributed by atoms with Crippen LogP contribution in [0.2, 0.25) is 5.02 Å². The van der Waals surface area contributed by atoms with E-state index in [0.29, 0.717) is 11.8 Å². The Kier molecular flexibility index (Phi) is 4.36. The first kappa shape index (κ1) is 19.2. The summed E-state index contributed by atoms with van der Waals surface area (Å²) in [6, 6.07) is 14.7. The lowest BCUT2D eigenvalue weighted by molar-refractivity contribution is -0.135. The number of aromatic amines is 1. The number of methoxy groups -OCH3 is 1. The third kappa shape index (κ3) is 2.99. The second kappa shape index (κ2) is 7.03. The van der Waals surface area contributed by atoms with E-state index >= 15 is 0 Å². The SMILES string of the molecule is COc1cccc(C23CCN(C(=O)C4CC4)CC2Cc2c([nH]c4c(Cl)cccc24)C3)c1. The number of halogens is 1. The van der Waals surface area contributed by atoms with Crippen LogP contribution in [0.25, 0.3) is 10.9 Å². The summed E-state index contributed by atoms with van der Waals surface area (Å²) in [6.07, 6.45) is 5.00. The van der Waals surface area contributed by atoms with Crippen molar-refractivity contribution in [2.45, 2.75) is 37.5 Å². The molecule has 1 amide bonds. The Bertz CT molecular complexity index is 1180. The average Bonchev–Trinajstić information content (AvgIpc) is 3.59. The van der Waals surface area contributed by atoms with E-state index in [1.165, 1.54) is 22.2 Å². The number of benzene rings is 2. The number of H-pyrrole nitrogens is 1. The molecule has 0 radical (unpaired) electrons. The summed E-state index contributed by atoms with van der Waals surface area (Å²) in [6.45, 7) is 1.67. The third-order valence-electron chi connectivity index (χ3n) is 7.85. The number of aromatic nitrogens is 1. The van der Waals surface area contributed by atoms with Gasteiger partial charge >= 0.3 is 0 Å². The molecule has 160 valence electrons. The largest absolute Gasteiger partial charge is 0.497 e. The highest BCUT2D eigenvalue weighted by atomic mass is 35.5. The number of nitrogens with one attached hydrogen (secondary N) is 1. The molecule has 3 aliphatic rings. The maximum atomic E-state index is 12.9. The molecule has 1 N–H and O–H groups in total. The van der Waals surface area contributed by atoms with Crippen molar-refractivity contribution in [3.05, 3.63) is 64.3 Å². The van der Waals surface area contributed by atoms with E-state index in [2.05, 4.69) is 34.1 Å². The van der Waals surface area contributed by atoms with Gasteiger partial charge in [0.15, 0.2) is 0 Å². The Balaban J connectivity index is 1.46. The van der Waals surface area contributed by atoms with E-state index < -0.39 is 0 Å². The summed E-state index contributed by atoms with van der Waals surface area (Å²) in [7, 11) is 1.73. The Morgan fingerprint density at radius 3 is 2.87 bits per heavy atom. The molecule has 5 heteroatoms. The summed E-state index contributed by atoms with van der Waals surface area (Å²) >= 11 is 6.53. The van der Waals surface area contributed by atoms with Crippen LogP contribution >= 0.6 is 11.6 Å². The first-order valence-corrected chi connectivity index (χ1v) is 11.7. The fourth-order valence-corrected chi connectivity index (χ4v) is 6.23. The van der Waals surface area contributed by atoms with Gasteiger partial charge in [-0.25, -0.2) is 0 Å². The van der Waals surface area contributed by atoms with Crippen LogP contribution in [0, 0.1) is 11.8 Å². The van der Waals surface area contributed by atoms with Gasteiger partial charge in [-0.2, -0.15) is 0 Å². The molecule has 0 bridgehead atoms. The zero-order chi connectivity index (χ0) is 21.2. The van der Waals surface area contributed by atoms with Gasteiger partial charge in [-0.1, -0.05) is 35.9 Å². The van der Waals surface area contributed by atoms with Gasteiger partial charge in [-0.05, 0) is 67.3 Å². The molecule has 2 heterocycles. The number of hydrogen-bond acceptors (Lipinski definition) is 2. The van der Waals surface area contributed by atoms with Crippen LogP contribution in [-0.4, -0.2) is 36.0 Å². The van der Waals surface area contributed by atoms with Crippen molar-refractivity contribution in [3.8, 4) is 5.75 Å². The van der Waals surface area contributed by atoms with Crippen molar-refractivity contribution in [2.24, 2.45) is 11.8 Å². The average molecular weight is 435 g/mol. The van der Waals surface area contributed by atoms with E-state index in [-0.39, 0.29) is 11.3 Å². The van der Waals surface area contributed by atoms with Gasteiger partial charge in [0.1, 0.15) is 5.75 Å². The van der Waals surface area contributed by atoms with E-state index in [1.807, 2.05) is 18.2 Å². The molecule has 2 fully saturated rings. The van der Waals surface area contributed by atoms with Gasteiger partial charge in [-0.3, -0.25) is 4.79 Å². The van der Waals surface area contributed by atoms with E-state index in [1.54, 1.807) is 7.11 Å². The van der Waals surface area contributed by atoms with Crippen LogP contribution in [0.4, 0.5) is 0 Å². The lowest BCUT2D eigenvalue weighted by atomic mass is 9.58. The molecule has 3 aromatic rings. The van der Waals surface area contributed by atoms with Gasteiger partial charge in [0, 0.05) is 35.5 Å². The lowest BCUT2D eigenvalue weighted by Gasteiger charge is -2.51. The highest BCUT2D eigenvalue weighted by Gasteiger charge is 2.50. The topological polar surface area (TPSA) is 45.3 Å². The maximum absolute atomic E-state index is 12.9. The van der Waals surface area contributed by atoms with Gasteiger partial charge in [0.25, 0.3) is 0 Å². The molecule has 2 aromatic carbocycles. The molecule has 6 rings (SSSR count). The number of ether oxygens (including phenoxy) is 1. The Labute approximate surface area is 187 Å². The van der Waals surface area contributed by atoms with Crippen LogP contribution in [0.15, 0.2) is 42.5 Å². The fourth-order valence-electron chi connectivity index (χ4n) is 6.00. The number of amides is 1. The number of nitrogens with zero attached hydrogens (tertiary/aromatic N) is 1. The minimum absolute atomic E-state index is 0.00474. The first-order valence-electron chi connectivity index (χ1n) is 11.3. The molecule has 0 spiro atoms. The second-order valence-electron chi connectivity index (χ2n) is 9.52. The van der Waals surface area contributed by atoms with Crippen LogP contribution in [0.1, 0.15) is 36.1 Å². The minimum atomic E-state index is -0.00474. The normalized spacial score (nSPS) is 25.2. The van der Waals surface area contributed by atoms with Crippen molar-refractivity contribution >= 4 is 28.4 Å². The van der Waals surface area contributed by atoms with Crippen LogP contribution in [0.3, 0.4) is 0 Å². The number of likely N-dealkylation sites (tertiary alicyclic amines) is 1. The monoisotopic (exact) mass is 434 g/mol. The van der Waals surface area contributed by atoms with Crippen LogP contribution in [0.5, 0.6) is 5.75 Å². The van der Waals surface area contributed by atoms with Gasteiger partial charge < -0.3 is 14.6 Å². The van der Waals surface area contributed by atoms with Crippen LogP contribution in [-0.2, 0) is 23.1 Å². The highest BCUT2D eigenvalue weighted by molar-refractivity contribution is 6.35. The molecular formula is C26H27ClN2O2. The maximum Gasteiger partial charge on any atom is 0.225 e. The van der Waals surface area contributed by atoms with Crippen molar-refractivity contribution in [1.29, 1.82) is 0 Å². The molecule has 2 unspecified atom stereocenters. The Hall–Kier alpha value is -2.46. The second-order valence-corrected chi connectivity index (χ2v) is 9.93. The van der Waals surface area contributed by atoms with Crippen molar-refractivity contribution in [2.75, 3.05) is 20.2 Å². The zero-order valence-electron chi connectivity index (χ0n) is 17.8. The predicted octanol–water partition coefficient (Wildman–Crippen LogP) is 5.13. The molecule has 31 heavy (non-hydrogen) atoms. The van der Waals surface area contributed by atoms with E-state index in [0.717, 1.165) is 61.5 Å². The zero-order valence-corrected chi connectivity index (χ0v) is 18.5. The van der Waals surface area contributed by atoms with E-state index in [4.69, 9.17) is 16.3 Å². The van der Waals surface area contributed by atoms with Crippen molar-refractivity contribution in [1.82, 2.24) is 9.88 Å². The van der Waals surface area contributed by atoms with Gasteiger partial charge in [0.05, 0.1) is 17.6 Å². The number of para-hydroxylation sites is 1. The Morgan fingerprint density at radius 1 is 1.23 bits per heavy atom. The number of fused-ring (bicyclic) bond motifs is 4. The third-order valence-corrected chi connectivity index (χ3v) is 8.17. The number of piperidine rings is 1. The summed E-state index contributed by atoms with van der Waals surface area (Å²) in [5, 5.41) is 2.00. The number of carbonyl (C=O) groups excluding carboxylic acids is 1. The van der Waals surface area contributed by atoms with E-state index in [9.17, 15) is 4.79 Å². The summed E-state index contributed by atoms with van der Waals surface area (Å²) in [5.74, 6) is 1.91. The Morgan fingerprint density at radius 2 is 2.06 bits per heavy atom. The fraction of sp³-hybridized carbons (Fsp3) is 0.423. The lowest BCUT2D eigenvalue weighted by Crippen LogP contribution is -2.55. The molecular weight excluding hydrogens is 408 g/mol. The number of carbonyl (C=O) groups is 1. The minimum Gasteiger partial charge on any atom is -0.497 e. The molecule has 2 atom stereocenters. The first-order chi connectivity index (χ1) is 15.1. The molecule has 1 saturated carbocycles. The smallest absolute Gasteiger partial charge is 0.225 e. The van der Waals surface area contributed by atoms with Gasteiger partial charge in [0.2, 0.25) is 5.91 Å². The van der Waals surface area contributed by atoms with Crippen molar-refractivity contribution < 1.29 is 9.53 Å².